The third-order valence-electron chi connectivity index (χ3n) is 12.6. The lowest BCUT2D eigenvalue weighted by molar-refractivity contribution is 0.851. The molecule has 0 fully saturated rings. The second kappa shape index (κ2) is 14.5. The van der Waals surface area contributed by atoms with Crippen LogP contribution in [0.5, 0.6) is 0 Å². The molecule has 3 aromatic rings. The Morgan fingerprint density at radius 1 is 0.365 bits per heavy atom. The van der Waals surface area contributed by atoms with Crippen molar-refractivity contribution in [1.82, 2.24) is 0 Å². The molecule has 1 aliphatic carbocycles. The van der Waals surface area contributed by atoms with Gasteiger partial charge in [0, 0.05) is 119 Å². The van der Waals surface area contributed by atoms with Crippen LogP contribution in [0.25, 0.3) is 0 Å². The van der Waals surface area contributed by atoms with Crippen LogP contribution < -0.4 is 45.0 Å². The normalized spacial score (nSPS) is 14.8. The van der Waals surface area contributed by atoms with Gasteiger partial charge in [-0.3, -0.25) is 0 Å². The molecule has 0 saturated heterocycles. The Hall–Kier alpha value is -3.84. The van der Waals surface area contributed by atoms with Crippen molar-refractivity contribution in [3.05, 3.63) is 73.5 Å². The lowest BCUT2D eigenvalue weighted by Gasteiger charge is -2.47. The molecule has 0 heterocycles. The minimum Gasteiger partial charge on any atom is -0.378 e. The summed E-state index contributed by atoms with van der Waals surface area (Å²) in [5, 5.41) is 6.15. The number of rotatable bonds is 10. The van der Waals surface area contributed by atoms with Gasteiger partial charge in [-0.1, -0.05) is 23.3 Å². The summed E-state index contributed by atoms with van der Waals surface area (Å²) in [7, 11) is 23.3. The fraction of sp³-hybridized carbons (Fsp3) is 0.511. The molecule has 0 saturated carbocycles. The first-order valence-electron chi connectivity index (χ1n) is 18.8. The average molecular weight is 723 g/mol. The third kappa shape index (κ3) is 6.11. The molecule has 3 aromatic carbocycles. The van der Waals surface area contributed by atoms with E-state index in [4.69, 9.17) is 0 Å². The van der Waals surface area contributed by atoms with Gasteiger partial charge in [-0.05, 0) is 141 Å². The Bertz CT molecular complexity index is 1780. The maximum Gasteiger partial charge on any atom is 0.184 e. The molecule has 0 N–H and O–H groups in total. The molecule has 1 aliphatic rings. The van der Waals surface area contributed by atoms with E-state index in [1.54, 1.807) is 5.20 Å². The van der Waals surface area contributed by atoms with Crippen molar-refractivity contribution in [3.8, 4) is 0 Å². The largest absolute Gasteiger partial charge is 0.378 e. The van der Waals surface area contributed by atoms with Crippen LogP contribution in [-0.2, 0) is 0 Å². The fourth-order valence-electron chi connectivity index (χ4n) is 9.27. The lowest BCUT2D eigenvalue weighted by atomic mass is 10.0. The summed E-state index contributed by atoms with van der Waals surface area (Å²) in [6, 6.07) is 7.46. The van der Waals surface area contributed by atoms with Gasteiger partial charge in [-0.25, -0.2) is 0 Å². The van der Waals surface area contributed by atoms with Crippen molar-refractivity contribution in [3.63, 3.8) is 0 Å². The minimum absolute atomic E-state index is 0.279. The monoisotopic (exact) mass is 723 g/mol. The smallest absolute Gasteiger partial charge is 0.184 e. The molecular weight excluding hydrogens is 653 g/mol. The van der Waals surface area contributed by atoms with Gasteiger partial charge in [0.1, 0.15) is 0 Å². The first-order valence-corrected chi connectivity index (χ1v) is 20.8. The van der Waals surface area contributed by atoms with Crippen LogP contribution in [0.2, 0.25) is 0 Å². The standard InChI is InChI=1S/C45H70N6Si/c1-26-27(2)32(7)42(31(26)6)52(43-33(8)28(3)36(46(11)12)23-39(43)49(17)18,44-34(9)29(4)37(47(13)14)24-40(44)50(19)20)45-35(10)30(5)38(48(15)16)25-41(45)51(21)22/h23-25,31H,1-22H3. The van der Waals surface area contributed by atoms with Crippen LogP contribution in [0.15, 0.2) is 40.1 Å². The Balaban J connectivity index is 2.67. The Labute approximate surface area is 319 Å². The molecule has 6 nitrogen and oxygen atoms in total. The van der Waals surface area contributed by atoms with E-state index in [0.29, 0.717) is 0 Å². The number of nitrogens with zero attached hydrogens (tertiary/aromatic N) is 6. The summed E-state index contributed by atoms with van der Waals surface area (Å²) in [6.07, 6.45) is 0. The lowest BCUT2D eigenvalue weighted by Crippen LogP contribution is -2.73. The number of hydrogen-bond donors (Lipinski definition) is 0. The van der Waals surface area contributed by atoms with E-state index in [2.05, 4.69) is 201 Å². The summed E-state index contributed by atoms with van der Waals surface area (Å²) in [5.74, 6) is 0.279. The van der Waals surface area contributed by atoms with Crippen molar-refractivity contribution >= 4 is 57.8 Å². The molecule has 0 bridgehead atoms. The highest BCUT2D eigenvalue weighted by Crippen LogP contribution is 2.47. The third-order valence-corrected chi connectivity index (χ3v) is 18.4. The summed E-state index contributed by atoms with van der Waals surface area (Å²) in [6.45, 7) is 24.0. The molecule has 0 aliphatic heterocycles. The predicted molar refractivity (Wildman–Crippen MR) is 239 cm³/mol. The predicted octanol–water partition coefficient (Wildman–Crippen LogP) is 7.25. The van der Waals surface area contributed by atoms with Gasteiger partial charge >= 0.3 is 0 Å². The fourth-order valence-corrected chi connectivity index (χ4v) is 16.7. The van der Waals surface area contributed by atoms with Crippen LogP contribution in [-0.4, -0.2) is 92.6 Å². The molecule has 7 heteroatoms. The van der Waals surface area contributed by atoms with Crippen molar-refractivity contribution in [1.29, 1.82) is 0 Å². The van der Waals surface area contributed by atoms with Crippen molar-refractivity contribution in [2.75, 3.05) is 114 Å². The first-order chi connectivity index (χ1) is 24.0. The van der Waals surface area contributed by atoms with Crippen molar-refractivity contribution < 1.29 is 0 Å². The number of benzene rings is 3. The van der Waals surface area contributed by atoms with E-state index in [0.717, 1.165) is 0 Å². The van der Waals surface area contributed by atoms with E-state index in [1.165, 1.54) is 99.8 Å². The number of allylic oxidation sites excluding steroid dienone is 4. The summed E-state index contributed by atoms with van der Waals surface area (Å²) < 4.78 is 0. The topological polar surface area (TPSA) is 19.4 Å². The first kappa shape index (κ1) is 40.9. The number of hydrogen-bond acceptors (Lipinski definition) is 6. The molecule has 4 rings (SSSR count). The van der Waals surface area contributed by atoms with Crippen molar-refractivity contribution in [2.45, 2.75) is 69.2 Å². The Morgan fingerprint density at radius 3 is 0.808 bits per heavy atom. The molecule has 284 valence electrons. The molecule has 0 amide bonds. The molecule has 52 heavy (non-hydrogen) atoms. The highest BCUT2D eigenvalue weighted by Gasteiger charge is 2.55. The van der Waals surface area contributed by atoms with Gasteiger partial charge in [0.05, 0.1) is 0 Å². The number of anilines is 6. The second-order valence-corrected chi connectivity index (χ2v) is 20.3. The molecule has 1 atom stereocenters. The quantitative estimate of drug-likeness (QED) is 0.161. The van der Waals surface area contributed by atoms with Crippen molar-refractivity contribution in [2.24, 2.45) is 5.92 Å². The summed E-state index contributed by atoms with van der Waals surface area (Å²) in [5.41, 5.74) is 20.4. The SMILES string of the molecule is CC1=C(C)C(C)C([Si](c2c(N(C)C)cc(N(C)C)c(C)c2C)(c2c(N(C)C)cc(N(C)C)c(C)c2C)c2c(N(C)C)cc(N(C)C)c(C)c2C)=C1C. The Morgan fingerprint density at radius 2 is 0.615 bits per heavy atom. The maximum atomic E-state index is 2.50. The molecule has 0 radical (unpaired) electrons. The highest BCUT2D eigenvalue weighted by atomic mass is 28.3. The average Bonchev–Trinajstić information content (AvgIpc) is 3.23. The van der Waals surface area contributed by atoms with Crippen LogP contribution in [0, 0.1) is 47.5 Å². The van der Waals surface area contributed by atoms with Gasteiger partial charge in [-0.2, -0.15) is 0 Å². The molecule has 0 spiro atoms. The van der Waals surface area contributed by atoms with Crippen LogP contribution in [0.1, 0.15) is 61.1 Å². The van der Waals surface area contributed by atoms with Gasteiger partial charge in [0.2, 0.25) is 0 Å². The molecule has 1 unspecified atom stereocenters. The summed E-state index contributed by atoms with van der Waals surface area (Å²) in [4.78, 5) is 14.1. The van der Waals surface area contributed by atoms with E-state index >= 15 is 0 Å². The second-order valence-electron chi connectivity index (χ2n) is 16.8. The zero-order chi connectivity index (χ0) is 39.6. The van der Waals surface area contributed by atoms with E-state index < -0.39 is 8.07 Å². The van der Waals surface area contributed by atoms with E-state index in [-0.39, 0.29) is 5.92 Å². The van der Waals surface area contributed by atoms with Crippen LogP contribution in [0.4, 0.5) is 34.1 Å². The zero-order valence-corrected chi connectivity index (χ0v) is 38.0. The molecule has 0 aromatic heterocycles. The summed E-state index contributed by atoms with van der Waals surface area (Å²) >= 11 is 0. The highest BCUT2D eigenvalue weighted by molar-refractivity contribution is 7.18. The molecular formula is C45H70N6Si. The van der Waals surface area contributed by atoms with Crippen LogP contribution >= 0.6 is 0 Å². The van der Waals surface area contributed by atoms with Gasteiger partial charge < -0.3 is 29.4 Å². The van der Waals surface area contributed by atoms with Gasteiger partial charge in [0.25, 0.3) is 0 Å². The Kier molecular flexibility index (Phi) is 11.4. The zero-order valence-electron chi connectivity index (χ0n) is 37.0. The minimum atomic E-state index is -3.27. The van der Waals surface area contributed by atoms with Gasteiger partial charge in [0.15, 0.2) is 8.07 Å². The van der Waals surface area contributed by atoms with Gasteiger partial charge in [-0.15, -0.1) is 0 Å². The van der Waals surface area contributed by atoms with E-state index in [1.807, 2.05) is 0 Å². The maximum absolute atomic E-state index is 3.27. The van der Waals surface area contributed by atoms with Crippen LogP contribution in [0.3, 0.4) is 0 Å². The van der Waals surface area contributed by atoms with E-state index in [9.17, 15) is 0 Å².